The Labute approximate surface area is 121 Å². The molecule has 0 saturated carbocycles. The molecule has 2 aromatic rings. The van der Waals surface area contributed by atoms with Crippen LogP contribution in [0, 0.1) is 13.8 Å². The number of nitrogens with zero attached hydrogens (tertiary/aromatic N) is 2. The molecule has 0 radical (unpaired) electrons. The van der Waals surface area contributed by atoms with Crippen LogP contribution in [0.25, 0.3) is 0 Å². The molecule has 0 bridgehead atoms. The van der Waals surface area contributed by atoms with Crippen molar-refractivity contribution in [3.8, 4) is 0 Å². The van der Waals surface area contributed by atoms with E-state index in [0.717, 1.165) is 22.6 Å². The molecule has 0 spiro atoms. The maximum absolute atomic E-state index is 4.50. The smallest absolute Gasteiger partial charge is 0.0898 e. The molecule has 0 N–H and O–H groups in total. The lowest BCUT2D eigenvalue weighted by molar-refractivity contribution is 0.889. The van der Waals surface area contributed by atoms with Crippen LogP contribution < -0.4 is 4.90 Å². The van der Waals surface area contributed by atoms with Crippen LogP contribution in [0.5, 0.6) is 0 Å². The summed E-state index contributed by atoms with van der Waals surface area (Å²) in [4.78, 5) is 6.74. The molecular formula is C14H17BrN2S. The lowest BCUT2D eigenvalue weighted by Gasteiger charge is -2.19. The minimum atomic E-state index is 0.859. The van der Waals surface area contributed by atoms with E-state index in [9.17, 15) is 0 Å². The number of aryl methyl sites for hydroxylation is 2. The number of anilines is 1. The van der Waals surface area contributed by atoms with E-state index >= 15 is 0 Å². The maximum Gasteiger partial charge on any atom is 0.0898 e. The third kappa shape index (κ3) is 3.12. The number of benzene rings is 1. The van der Waals surface area contributed by atoms with E-state index in [-0.39, 0.29) is 0 Å². The molecular weight excluding hydrogens is 308 g/mol. The topological polar surface area (TPSA) is 16.1 Å². The van der Waals surface area contributed by atoms with Gasteiger partial charge >= 0.3 is 0 Å². The Balaban J connectivity index is 2.13. The molecule has 0 aliphatic carbocycles. The Morgan fingerprint density at radius 2 is 2.11 bits per heavy atom. The van der Waals surface area contributed by atoms with Crippen molar-refractivity contribution in [3.63, 3.8) is 0 Å². The van der Waals surface area contributed by atoms with Crippen LogP contribution in [0.4, 0.5) is 5.69 Å². The van der Waals surface area contributed by atoms with Crippen molar-refractivity contribution < 1.29 is 0 Å². The molecule has 4 heteroatoms. The molecule has 0 aliphatic rings. The highest BCUT2D eigenvalue weighted by Gasteiger charge is 2.06. The van der Waals surface area contributed by atoms with Crippen molar-refractivity contribution in [1.29, 1.82) is 0 Å². The van der Waals surface area contributed by atoms with Crippen LogP contribution >= 0.6 is 27.3 Å². The first-order valence-electron chi connectivity index (χ1n) is 5.88. The lowest BCUT2D eigenvalue weighted by Crippen LogP contribution is -2.16. The highest BCUT2D eigenvalue weighted by Crippen LogP contribution is 2.21. The van der Waals surface area contributed by atoms with E-state index < -0.39 is 0 Å². The predicted molar refractivity (Wildman–Crippen MR) is 82.8 cm³/mol. The fourth-order valence-corrected chi connectivity index (χ4v) is 3.12. The number of alkyl halides is 1. The fourth-order valence-electron chi connectivity index (χ4n) is 1.88. The summed E-state index contributed by atoms with van der Waals surface area (Å²) in [5.41, 5.74) is 5.05. The average molecular weight is 325 g/mol. The predicted octanol–water partition coefficient (Wildman–Crippen LogP) is 4.29. The molecule has 96 valence electrons. The van der Waals surface area contributed by atoms with Gasteiger partial charge in [-0.25, -0.2) is 4.98 Å². The molecule has 0 aliphatic heterocycles. The van der Waals surface area contributed by atoms with Gasteiger partial charge in [0.15, 0.2) is 0 Å². The molecule has 1 heterocycles. The van der Waals surface area contributed by atoms with Gasteiger partial charge in [-0.3, -0.25) is 0 Å². The second-order valence-electron chi connectivity index (χ2n) is 4.46. The van der Waals surface area contributed by atoms with E-state index in [2.05, 4.69) is 63.4 Å². The Hall–Kier alpha value is -0.870. The van der Waals surface area contributed by atoms with E-state index in [4.69, 9.17) is 0 Å². The normalized spacial score (nSPS) is 10.7. The molecule has 2 nitrogen and oxygen atoms in total. The zero-order chi connectivity index (χ0) is 13.1. The van der Waals surface area contributed by atoms with Crippen molar-refractivity contribution in [2.45, 2.75) is 25.7 Å². The Bertz CT molecular complexity index is 536. The number of aromatic nitrogens is 1. The first-order valence-corrected chi connectivity index (χ1v) is 7.88. The van der Waals surface area contributed by atoms with E-state index in [1.165, 1.54) is 16.8 Å². The number of hydrogen-bond acceptors (Lipinski definition) is 3. The average Bonchev–Trinajstić information content (AvgIpc) is 2.74. The van der Waals surface area contributed by atoms with Gasteiger partial charge in [-0.15, -0.1) is 11.3 Å². The Kier molecular flexibility index (Phi) is 4.40. The van der Waals surface area contributed by atoms with Gasteiger partial charge in [0.05, 0.1) is 17.2 Å². The summed E-state index contributed by atoms with van der Waals surface area (Å²) in [6.07, 6.45) is 0. The van der Waals surface area contributed by atoms with Crippen molar-refractivity contribution >= 4 is 33.0 Å². The van der Waals surface area contributed by atoms with E-state index in [1.807, 2.05) is 6.92 Å². The van der Waals surface area contributed by atoms with Gasteiger partial charge in [0.2, 0.25) is 0 Å². The number of thiazole rings is 1. The summed E-state index contributed by atoms with van der Waals surface area (Å²) in [5.74, 6) is 0. The van der Waals surface area contributed by atoms with Crippen LogP contribution in [0.1, 0.15) is 21.8 Å². The second kappa shape index (κ2) is 5.85. The van der Waals surface area contributed by atoms with Crippen LogP contribution in [0.15, 0.2) is 23.6 Å². The third-order valence-corrected chi connectivity index (χ3v) is 4.40. The number of halogens is 1. The Morgan fingerprint density at radius 1 is 1.33 bits per heavy atom. The van der Waals surface area contributed by atoms with E-state index in [1.54, 1.807) is 11.3 Å². The van der Waals surface area contributed by atoms with Gasteiger partial charge in [0, 0.05) is 23.4 Å². The molecule has 0 amide bonds. The zero-order valence-electron chi connectivity index (χ0n) is 10.9. The zero-order valence-corrected chi connectivity index (χ0v) is 13.3. The highest BCUT2D eigenvalue weighted by molar-refractivity contribution is 9.08. The third-order valence-electron chi connectivity index (χ3n) is 2.98. The minimum Gasteiger partial charge on any atom is -0.369 e. The van der Waals surface area contributed by atoms with Gasteiger partial charge < -0.3 is 4.90 Å². The lowest BCUT2D eigenvalue weighted by atomic mass is 10.1. The standard InChI is InChI=1S/C14H17BrN2S/c1-10-6-14(5-4-12(10)7-15)17(3)8-13-9-18-11(2)16-13/h4-6,9H,7-8H2,1-3H3. The summed E-state index contributed by atoms with van der Waals surface area (Å²) in [5, 5.41) is 4.17. The number of hydrogen-bond donors (Lipinski definition) is 0. The highest BCUT2D eigenvalue weighted by atomic mass is 79.9. The molecule has 1 aromatic carbocycles. The molecule has 18 heavy (non-hydrogen) atoms. The van der Waals surface area contributed by atoms with Gasteiger partial charge in [-0.1, -0.05) is 22.0 Å². The van der Waals surface area contributed by atoms with Crippen LogP contribution in [-0.4, -0.2) is 12.0 Å². The maximum atomic E-state index is 4.50. The van der Waals surface area contributed by atoms with Gasteiger partial charge in [-0.05, 0) is 37.1 Å². The van der Waals surface area contributed by atoms with Crippen molar-refractivity contribution in [2.75, 3.05) is 11.9 Å². The van der Waals surface area contributed by atoms with Crippen molar-refractivity contribution in [1.82, 2.24) is 4.98 Å². The molecule has 0 atom stereocenters. The van der Waals surface area contributed by atoms with Crippen molar-refractivity contribution in [3.05, 3.63) is 45.4 Å². The SMILES string of the molecule is Cc1nc(CN(C)c2ccc(CBr)c(C)c2)cs1. The van der Waals surface area contributed by atoms with Crippen LogP contribution in [0.2, 0.25) is 0 Å². The fraction of sp³-hybridized carbons (Fsp3) is 0.357. The summed E-state index contributed by atoms with van der Waals surface area (Å²) in [6, 6.07) is 6.58. The minimum absolute atomic E-state index is 0.859. The summed E-state index contributed by atoms with van der Waals surface area (Å²) < 4.78 is 0. The number of rotatable bonds is 4. The second-order valence-corrected chi connectivity index (χ2v) is 6.08. The van der Waals surface area contributed by atoms with Gasteiger partial charge in [0.25, 0.3) is 0 Å². The van der Waals surface area contributed by atoms with Crippen LogP contribution in [0.3, 0.4) is 0 Å². The van der Waals surface area contributed by atoms with Crippen LogP contribution in [-0.2, 0) is 11.9 Å². The van der Waals surface area contributed by atoms with E-state index in [0.29, 0.717) is 0 Å². The first-order chi connectivity index (χ1) is 8.60. The first kappa shape index (κ1) is 13.6. The molecule has 1 aromatic heterocycles. The van der Waals surface area contributed by atoms with Gasteiger partial charge in [0.1, 0.15) is 0 Å². The molecule has 2 rings (SSSR count). The largest absolute Gasteiger partial charge is 0.369 e. The monoisotopic (exact) mass is 324 g/mol. The molecule has 0 unspecified atom stereocenters. The van der Waals surface area contributed by atoms with Gasteiger partial charge in [-0.2, -0.15) is 0 Å². The van der Waals surface area contributed by atoms with Crippen molar-refractivity contribution in [2.24, 2.45) is 0 Å². The summed E-state index contributed by atoms with van der Waals surface area (Å²) in [6.45, 7) is 5.06. The summed E-state index contributed by atoms with van der Waals surface area (Å²) >= 11 is 5.21. The quantitative estimate of drug-likeness (QED) is 0.780. The molecule has 0 saturated heterocycles. The Morgan fingerprint density at radius 3 is 2.67 bits per heavy atom. The summed E-state index contributed by atoms with van der Waals surface area (Å²) in [7, 11) is 2.11. The molecule has 0 fully saturated rings.